The second-order valence-electron chi connectivity index (χ2n) is 1.69. The Morgan fingerprint density at radius 3 is 1.00 bits per heavy atom. The quantitative estimate of drug-likeness (QED) is 0.292. The van der Waals surface area contributed by atoms with Crippen molar-refractivity contribution in [3.05, 3.63) is 0 Å². The van der Waals surface area contributed by atoms with E-state index < -0.39 is 9.14 Å². The van der Waals surface area contributed by atoms with Gasteiger partial charge in [-0.1, -0.05) is 0 Å². The molecule has 0 amide bonds. The van der Waals surface area contributed by atoms with Gasteiger partial charge in [0, 0.05) is 12.5 Å². The molecule has 0 fully saturated rings. The summed E-state index contributed by atoms with van der Waals surface area (Å²) in [5.41, 5.74) is 0. The summed E-state index contributed by atoms with van der Waals surface area (Å²) in [6, 6.07) is 0. The molecular weight excluding hydrogens is 467 g/mol. The van der Waals surface area contributed by atoms with Gasteiger partial charge in [0.2, 0.25) is 0 Å². The van der Waals surface area contributed by atoms with Crippen LogP contribution in [0.1, 0.15) is 0 Å². The number of rotatable bonds is 2. The van der Waals surface area contributed by atoms with Crippen LogP contribution in [-0.4, -0.2) is 27.9 Å². The molecule has 0 aliphatic heterocycles. The predicted octanol–water partition coefficient (Wildman–Crippen LogP) is 5.55. The standard InChI is InChI=1S/C3H9S3.6ClH.Sb/c1-4-6(3)5-2;;;;;;;/h1-3H3;6*1H;/q+1;;;;;;;+5/p-6. The molecular formula is C3H9Cl6S3Sb. The fourth-order valence-electron chi connectivity index (χ4n) is 0.0680. The van der Waals surface area contributed by atoms with Gasteiger partial charge in [0.15, 0.2) is 0 Å². The van der Waals surface area contributed by atoms with E-state index in [-0.39, 0.29) is 0 Å². The molecule has 10 heteroatoms. The normalized spacial score (nSPS) is 17.1. The Morgan fingerprint density at radius 2 is 1.00 bits per heavy atom. The van der Waals surface area contributed by atoms with Crippen LogP contribution in [0, 0.1) is 0 Å². The first kappa shape index (κ1) is 19.0. The van der Waals surface area contributed by atoms with E-state index >= 15 is 0 Å². The molecule has 13 heavy (non-hydrogen) atoms. The molecule has 0 aromatic heterocycles. The van der Waals surface area contributed by atoms with Crippen molar-refractivity contribution in [2.45, 2.75) is 0 Å². The van der Waals surface area contributed by atoms with Gasteiger partial charge in [0.25, 0.3) is 0 Å². The van der Waals surface area contributed by atoms with E-state index in [1.165, 1.54) is 0 Å². The van der Waals surface area contributed by atoms with Crippen molar-refractivity contribution in [3.63, 3.8) is 0 Å². The van der Waals surface area contributed by atoms with E-state index in [4.69, 9.17) is 53.0 Å². The van der Waals surface area contributed by atoms with Crippen LogP contribution in [0.15, 0.2) is 0 Å². The van der Waals surface area contributed by atoms with E-state index in [1.807, 2.05) is 21.6 Å². The summed E-state index contributed by atoms with van der Waals surface area (Å²) in [6.07, 6.45) is 6.51. The average Bonchev–Trinajstić information content (AvgIpc) is 1.79. The molecule has 0 aliphatic carbocycles. The van der Waals surface area contributed by atoms with E-state index in [9.17, 15) is 0 Å². The summed E-state index contributed by atoms with van der Waals surface area (Å²) < 4.78 is 0. The van der Waals surface area contributed by atoms with E-state index in [0.29, 0.717) is 8.96 Å². The first-order valence-electron chi connectivity index (χ1n) is 2.57. The zero-order valence-electron chi connectivity index (χ0n) is 6.94. The molecule has 0 radical (unpaired) electrons. The van der Waals surface area contributed by atoms with Gasteiger partial charge in [0.05, 0.1) is 0 Å². The Balaban J connectivity index is 0. The van der Waals surface area contributed by atoms with Crippen LogP contribution in [0.25, 0.3) is 0 Å². The Kier molecular flexibility index (Phi) is 8.72. The van der Waals surface area contributed by atoms with Crippen molar-refractivity contribution >= 4 is 92.7 Å². The van der Waals surface area contributed by atoms with Gasteiger partial charge in [-0.25, -0.2) is 0 Å². The minimum absolute atomic E-state index is 0.549. The van der Waals surface area contributed by atoms with Crippen molar-refractivity contribution in [1.29, 1.82) is 0 Å². The first-order valence-corrected chi connectivity index (χ1v) is 27.1. The van der Waals surface area contributed by atoms with Gasteiger partial charge in [0.1, 0.15) is 36.8 Å². The van der Waals surface area contributed by atoms with Crippen LogP contribution in [0.3, 0.4) is 0 Å². The molecule has 0 N–H and O–H groups in total. The molecule has 0 nitrogen and oxygen atoms in total. The van der Waals surface area contributed by atoms with Crippen molar-refractivity contribution in [2.75, 3.05) is 18.8 Å². The summed E-state index contributed by atoms with van der Waals surface area (Å²) in [5.74, 6) is 0. The summed E-state index contributed by atoms with van der Waals surface area (Å²) >= 11 is 0. The molecule has 0 rings (SSSR count). The maximum atomic E-state index is 5.06. The fourth-order valence-corrected chi connectivity index (χ4v) is 1.84. The monoisotopic (exact) mass is 472 g/mol. The molecule has 0 aliphatic rings. The average molecular weight is 476 g/mol. The second-order valence-corrected chi connectivity index (χ2v) is 65.7. The second kappa shape index (κ2) is 5.98. The fraction of sp³-hybridized carbons (Fsp3) is 1.00. The summed E-state index contributed by atoms with van der Waals surface area (Å²) in [6.45, 7) is 0. The van der Waals surface area contributed by atoms with Gasteiger partial charge < -0.3 is 0 Å². The Labute approximate surface area is 109 Å². The third kappa shape index (κ3) is 49.9. The SMILES string of the molecule is CS[S+](C)SC.[Cl][Sb-]([Cl])([Cl])([Cl])([Cl])[Cl]. The van der Waals surface area contributed by atoms with Gasteiger partial charge in [-0.2, -0.15) is 0 Å². The van der Waals surface area contributed by atoms with E-state index in [0.717, 1.165) is 0 Å². The summed E-state index contributed by atoms with van der Waals surface area (Å²) in [4.78, 5) is 0. The zero-order valence-corrected chi connectivity index (χ0v) is 16.5. The van der Waals surface area contributed by atoms with Crippen LogP contribution in [0.4, 0.5) is 0 Å². The first-order chi connectivity index (χ1) is 5.26. The van der Waals surface area contributed by atoms with Crippen LogP contribution < -0.4 is 0 Å². The van der Waals surface area contributed by atoms with Gasteiger partial charge in [-0.15, -0.1) is 0 Å². The minimum atomic E-state index is -5.42. The van der Waals surface area contributed by atoms with E-state index in [2.05, 4.69) is 18.8 Å². The van der Waals surface area contributed by atoms with Gasteiger partial charge >= 0.3 is 62.1 Å². The molecule has 0 atom stereocenters. The van der Waals surface area contributed by atoms with Gasteiger partial charge in [-0.3, -0.25) is 0 Å². The van der Waals surface area contributed by atoms with Crippen molar-refractivity contribution in [1.82, 2.24) is 0 Å². The molecule has 0 heterocycles. The van der Waals surface area contributed by atoms with Gasteiger partial charge in [-0.05, 0) is 0 Å². The number of halogens is 6. The molecule has 0 spiro atoms. The zero-order chi connectivity index (χ0) is 11.4. The van der Waals surface area contributed by atoms with Crippen LogP contribution >= 0.6 is 74.6 Å². The predicted molar refractivity (Wildman–Crippen MR) is 81.2 cm³/mol. The molecule has 0 aromatic rings. The summed E-state index contributed by atoms with van der Waals surface area (Å²) in [5, 5.41) is 0. The van der Waals surface area contributed by atoms with Crippen molar-refractivity contribution in [3.8, 4) is 0 Å². The van der Waals surface area contributed by atoms with E-state index in [1.54, 1.807) is 0 Å². The Morgan fingerprint density at radius 1 is 0.846 bits per heavy atom. The third-order valence-corrected chi connectivity index (χ3v) is 6.67. The Hall–Kier alpha value is 3.61. The molecule has 0 unspecified atom stereocenters. The number of hydrogen-bond acceptors (Lipinski definition) is 2. The maximum absolute atomic E-state index is 5.42. The molecule has 0 saturated heterocycles. The van der Waals surface area contributed by atoms with Crippen molar-refractivity contribution in [2.24, 2.45) is 0 Å². The molecule has 0 aromatic carbocycles. The third-order valence-electron chi connectivity index (χ3n) is 0.469. The molecule has 0 saturated carbocycles. The van der Waals surface area contributed by atoms with Crippen molar-refractivity contribution < 1.29 is 0 Å². The topological polar surface area (TPSA) is 0 Å². The van der Waals surface area contributed by atoms with Crippen LogP contribution in [0.2, 0.25) is 0 Å². The Bertz CT molecular complexity index is 133. The number of hydrogen-bond donors (Lipinski definition) is 0. The van der Waals surface area contributed by atoms with Crippen LogP contribution in [0.5, 0.6) is 0 Å². The molecule has 0 bridgehead atoms. The van der Waals surface area contributed by atoms with Crippen LogP contribution in [-0.2, 0) is 8.96 Å². The molecule has 86 valence electrons. The summed E-state index contributed by atoms with van der Waals surface area (Å²) in [7, 11) is 29.3.